The van der Waals surface area contributed by atoms with Crippen LogP contribution in [-0.2, 0) is 6.54 Å². The Labute approximate surface area is 111 Å². The van der Waals surface area contributed by atoms with Gasteiger partial charge in [-0.05, 0) is 28.9 Å². The smallest absolute Gasteiger partial charge is 0.143 e. The largest absolute Gasteiger partial charge is 0.379 e. The van der Waals surface area contributed by atoms with Crippen molar-refractivity contribution in [2.45, 2.75) is 13.5 Å². The number of rotatable bonds is 3. The number of aromatic nitrogens is 2. The van der Waals surface area contributed by atoms with E-state index in [-0.39, 0.29) is 0 Å². The van der Waals surface area contributed by atoms with E-state index in [2.05, 4.69) is 31.2 Å². The first-order valence-corrected chi connectivity index (χ1v) is 6.66. The van der Waals surface area contributed by atoms with E-state index < -0.39 is 0 Å². The van der Waals surface area contributed by atoms with Gasteiger partial charge in [0, 0.05) is 4.88 Å². The molecule has 1 N–H and O–H groups in total. The normalized spacial score (nSPS) is 10.4. The fraction of sp³-hybridized carbons (Fsp3) is 0.200. The zero-order valence-electron chi connectivity index (χ0n) is 8.50. The van der Waals surface area contributed by atoms with Crippen LogP contribution in [0.1, 0.15) is 10.6 Å². The highest BCUT2D eigenvalue weighted by Gasteiger charge is 2.03. The van der Waals surface area contributed by atoms with E-state index in [0.717, 1.165) is 22.4 Å². The molecule has 0 spiro atoms. The van der Waals surface area contributed by atoms with Crippen molar-refractivity contribution in [3.8, 4) is 0 Å². The number of hydrogen-bond donors (Lipinski definition) is 1. The minimum absolute atomic E-state index is 0.472. The third-order valence-electron chi connectivity index (χ3n) is 2.09. The lowest BCUT2D eigenvalue weighted by molar-refractivity contribution is 1.11. The molecular formula is C10H9BrClN3S. The van der Waals surface area contributed by atoms with Crippen LogP contribution in [0.4, 0.5) is 5.69 Å². The molecule has 0 aromatic carbocycles. The van der Waals surface area contributed by atoms with E-state index in [4.69, 9.17) is 11.6 Å². The molecule has 2 aromatic rings. The molecule has 16 heavy (non-hydrogen) atoms. The Morgan fingerprint density at radius 2 is 2.31 bits per heavy atom. The zero-order chi connectivity index (χ0) is 11.5. The number of halogens is 2. The number of aryl methyl sites for hydroxylation is 1. The SMILES string of the molecule is Cc1ncsc1CNc1cnc(Cl)c(Br)c1. The third-order valence-corrected chi connectivity index (χ3v) is 4.16. The van der Waals surface area contributed by atoms with Gasteiger partial charge >= 0.3 is 0 Å². The van der Waals surface area contributed by atoms with Crippen molar-refractivity contribution in [1.29, 1.82) is 0 Å². The standard InChI is InChI=1S/C10H9BrClN3S/c1-6-9(16-5-15-6)4-13-7-2-8(11)10(12)14-3-7/h2-3,5,13H,4H2,1H3. The molecule has 0 fully saturated rings. The van der Waals surface area contributed by atoms with Gasteiger partial charge in [-0.1, -0.05) is 11.6 Å². The van der Waals surface area contributed by atoms with E-state index in [1.54, 1.807) is 17.5 Å². The maximum atomic E-state index is 5.81. The van der Waals surface area contributed by atoms with Crippen molar-refractivity contribution in [1.82, 2.24) is 9.97 Å². The molecule has 0 saturated carbocycles. The summed E-state index contributed by atoms with van der Waals surface area (Å²) in [5.74, 6) is 0. The second-order valence-electron chi connectivity index (χ2n) is 3.21. The van der Waals surface area contributed by atoms with Crippen LogP contribution in [0.2, 0.25) is 5.15 Å². The maximum absolute atomic E-state index is 5.81. The predicted octanol–water partition coefficient (Wildman–Crippen LogP) is 3.87. The molecule has 0 unspecified atom stereocenters. The minimum Gasteiger partial charge on any atom is -0.379 e. The predicted molar refractivity (Wildman–Crippen MR) is 71.1 cm³/mol. The van der Waals surface area contributed by atoms with Gasteiger partial charge in [0.1, 0.15) is 5.15 Å². The van der Waals surface area contributed by atoms with E-state index in [1.165, 1.54) is 4.88 Å². The van der Waals surface area contributed by atoms with Crippen LogP contribution in [0.5, 0.6) is 0 Å². The average molecular weight is 319 g/mol. The lowest BCUT2D eigenvalue weighted by atomic mass is 10.3. The number of nitrogens with zero attached hydrogens (tertiary/aromatic N) is 2. The van der Waals surface area contributed by atoms with Crippen molar-refractivity contribution < 1.29 is 0 Å². The number of thiazole rings is 1. The van der Waals surface area contributed by atoms with Crippen LogP contribution in [0.15, 0.2) is 22.2 Å². The summed E-state index contributed by atoms with van der Waals surface area (Å²) in [6.45, 7) is 2.76. The molecule has 2 aromatic heterocycles. The topological polar surface area (TPSA) is 37.8 Å². The Morgan fingerprint density at radius 3 is 2.94 bits per heavy atom. The van der Waals surface area contributed by atoms with Crippen LogP contribution < -0.4 is 5.32 Å². The van der Waals surface area contributed by atoms with Gasteiger partial charge < -0.3 is 5.32 Å². The van der Waals surface area contributed by atoms with Gasteiger partial charge in [-0.3, -0.25) is 0 Å². The van der Waals surface area contributed by atoms with Crippen molar-refractivity contribution in [2.24, 2.45) is 0 Å². The van der Waals surface area contributed by atoms with Crippen molar-refractivity contribution in [3.05, 3.63) is 38.0 Å². The molecule has 84 valence electrons. The highest BCUT2D eigenvalue weighted by Crippen LogP contribution is 2.23. The monoisotopic (exact) mass is 317 g/mol. The lowest BCUT2D eigenvalue weighted by Gasteiger charge is -2.05. The first kappa shape index (κ1) is 11.8. The second-order valence-corrected chi connectivity index (χ2v) is 5.36. The Kier molecular flexibility index (Phi) is 3.78. The molecule has 0 aliphatic carbocycles. The summed E-state index contributed by atoms with van der Waals surface area (Å²) in [5.41, 5.74) is 3.85. The summed E-state index contributed by atoms with van der Waals surface area (Å²) < 4.78 is 0.792. The molecule has 2 heterocycles. The highest BCUT2D eigenvalue weighted by molar-refractivity contribution is 9.10. The van der Waals surface area contributed by atoms with E-state index in [1.807, 2.05) is 18.5 Å². The molecule has 0 amide bonds. The number of hydrogen-bond acceptors (Lipinski definition) is 4. The van der Waals surface area contributed by atoms with Crippen molar-refractivity contribution >= 4 is 44.6 Å². The van der Waals surface area contributed by atoms with Gasteiger partial charge in [0.25, 0.3) is 0 Å². The summed E-state index contributed by atoms with van der Waals surface area (Å²) in [7, 11) is 0. The Morgan fingerprint density at radius 1 is 1.50 bits per heavy atom. The quantitative estimate of drug-likeness (QED) is 0.873. The molecular weight excluding hydrogens is 310 g/mol. The highest BCUT2D eigenvalue weighted by atomic mass is 79.9. The Bertz CT molecular complexity index is 501. The van der Waals surface area contributed by atoms with Crippen LogP contribution in [-0.4, -0.2) is 9.97 Å². The Hall–Kier alpha value is -0.650. The van der Waals surface area contributed by atoms with Crippen molar-refractivity contribution in [2.75, 3.05) is 5.32 Å². The van der Waals surface area contributed by atoms with Crippen LogP contribution in [0.25, 0.3) is 0 Å². The van der Waals surface area contributed by atoms with Crippen LogP contribution in [0.3, 0.4) is 0 Å². The minimum atomic E-state index is 0.472. The summed E-state index contributed by atoms with van der Waals surface area (Å²) in [6.07, 6.45) is 1.71. The van der Waals surface area contributed by atoms with Gasteiger partial charge in [0.05, 0.1) is 34.1 Å². The molecule has 0 atom stereocenters. The Balaban J connectivity index is 2.05. The summed E-state index contributed by atoms with van der Waals surface area (Å²) in [6, 6.07) is 1.91. The van der Waals surface area contributed by atoms with Crippen LogP contribution in [0, 0.1) is 6.92 Å². The third kappa shape index (κ3) is 2.72. The van der Waals surface area contributed by atoms with Gasteiger partial charge in [-0.25, -0.2) is 9.97 Å². The lowest BCUT2D eigenvalue weighted by Crippen LogP contribution is -1.99. The van der Waals surface area contributed by atoms with E-state index >= 15 is 0 Å². The molecule has 2 rings (SSSR count). The molecule has 6 heteroatoms. The van der Waals surface area contributed by atoms with E-state index in [0.29, 0.717) is 5.15 Å². The zero-order valence-corrected chi connectivity index (χ0v) is 11.7. The van der Waals surface area contributed by atoms with Gasteiger partial charge in [0.2, 0.25) is 0 Å². The number of pyridine rings is 1. The molecule has 3 nitrogen and oxygen atoms in total. The second kappa shape index (κ2) is 5.12. The van der Waals surface area contributed by atoms with Crippen LogP contribution >= 0.6 is 38.9 Å². The fourth-order valence-electron chi connectivity index (χ4n) is 1.20. The molecule has 0 aliphatic rings. The number of nitrogens with one attached hydrogen (secondary N) is 1. The first-order chi connectivity index (χ1) is 7.66. The van der Waals surface area contributed by atoms with Gasteiger partial charge in [0.15, 0.2) is 0 Å². The average Bonchev–Trinajstić information content (AvgIpc) is 2.66. The fourth-order valence-corrected chi connectivity index (χ4v) is 2.37. The molecule has 0 bridgehead atoms. The number of anilines is 1. The van der Waals surface area contributed by atoms with Crippen molar-refractivity contribution in [3.63, 3.8) is 0 Å². The van der Waals surface area contributed by atoms with E-state index in [9.17, 15) is 0 Å². The van der Waals surface area contributed by atoms with Gasteiger partial charge in [-0.15, -0.1) is 11.3 Å². The summed E-state index contributed by atoms with van der Waals surface area (Å²) in [5, 5.41) is 3.75. The summed E-state index contributed by atoms with van der Waals surface area (Å²) >= 11 is 10.8. The first-order valence-electron chi connectivity index (χ1n) is 4.60. The molecule has 0 saturated heterocycles. The maximum Gasteiger partial charge on any atom is 0.143 e. The molecule has 0 radical (unpaired) electrons. The molecule has 0 aliphatic heterocycles. The van der Waals surface area contributed by atoms with Gasteiger partial charge in [-0.2, -0.15) is 0 Å². The summed E-state index contributed by atoms with van der Waals surface area (Å²) in [4.78, 5) is 9.47.